The second-order valence-corrected chi connectivity index (χ2v) is 5.04. The van der Waals surface area contributed by atoms with E-state index in [0.717, 1.165) is 37.4 Å². The first-order chi connectivity index (χ1) is 9.20. The fourth-order valence-corrected chi connectivity index (χ4v) is 2.16. The predicted molar refractivity (Wildman–Crippen MR) is 78.8 cm³/mol. The van der Waals surface area contributed by atoms with Crippen molar-refractivity contribution in [3.05, 3.63) is 40.3 Å². The molecule has 0 aliphatic heterocycles. The maximum absolute atomic E-state index is 6.13. The molecule has 0 atom stereocenters. The number of aromatic nitrogens is 1. The second-order valence-electron chi connectivity index (χ2n) is 4.20. The van der Waals surface area contributed by atoms with E-state index in [-0.39, 0.29) is 0 Å². The molecule has 1 aromatic carbocycles. The lowest BCUT2D eigenvalue weighted by molar-refractivity contribution is 0.493. The number of halogens is 2. The minimum atomic E-state index is 0.611. The van der Waals surface area contributed by atoms with Gasteiger partial charge in [-0.25, -0.2) is 4.98 Å². The van der Waals surface area contributed by atoms with Crippen molar-refractivity contribution in [3.63, 3.8) is 0 Å². The highest BCUT2D eigenvalue weighted by atomic mass is 35.5. The molecule has 0 saturated heterocycles. The van der Waals surface area contributed by atoms with Crippen LogP contribution in [0.2, 0.25) is 10.0 Å². The topological polar surface area (TPSA) is 38.1 Å². The molecule has 2 rings (SSSR count). The van der Waals surface area contributed by atoms with Gasteiger partial charge in [0.1, 0.15) is 0 Å². The van der Waals surface area contributed by atoms with Crippen LogP contribution < -0.4 is 5.32 Å². The van der Waals surface area contributed by atoms with Crippen LogP contribution in [0.25, 0.3) is 11.3 Å². The molecule has 0 spiro atoms. The first kappa shape index (κ1) is 14.4. The van der Waals surface area contributed by atoms with Crippen molar-refractivity contribution in [1.29, 1.82) is 0 Å². The number of hydrogen-bond donors (Lipinski definition) is 1. The molecule has 0 aliphatic carbocycles. The number of benzene rings is 1. The summed E-state index contributed by atoms with van der Waals surface area (Å²) in [6.45, 7) is 4.03. The lowest BCUT2D eigenvalue weighted by Crippen LogP contribution is -2.14. The molecule has 1 heterocycles. The van der Waals surface area contributed by atoms with Crippen molar-refractivity contribution < 1.29 is 4.42 Å². The minimum absolute atomic E-state index is 0.611. The van der Waals surface area contributed by atoms with E-state index in [1.807, 2.05) is 0 Å². The summed E-state index contributed by atoms with van der Waals surface area (Å²) in [5.41, 5.74) is 0.777. The Labute approximate surface area is 122 Å². The molecule has 1 aromatic heterocycles. The Balaban J connectivity index is 2.06. The van der Waals surface area contributed by atoms with Gasteiger partial charge in [0, 0.05) is 17.0 Å². The summed E-state index contributed by atoms with van der Waals surface area (Å²) in [5.74, 6) is 1.38. The van der Waals surface area contributed by atoms with Gasteiger partial charge in [-0.2, -0.15) is 0 Å². The maximum atomic E-state index is 6.13. The Hall–Kier alpha value is -1.03. The fraction of sp³-hybridized carbons (Fsp3) is 0.357. The van der Waals surface area contributed by atoms with Crippen molar-refractivity contribution in [1.82, 2.24) is 10.3 Å². The Kier molecular flexibility index (Phi) is 5.25. The molecule has 3 nitrogen and oxygen atoms in total. The number of aryl methyl sites for hydroxylation is 1. The van der Waals surface area contributed by atoms with E-state index in [1.165, 1.54) is 0 Å². The van der Waals surface area contributed by atoms with Crippen LogP contribution in [0.5, 0.6) is 0 Å². The highest BCUT2D eigenvalue weighted by molar-refractivity contribution is 6.35. The third-order valence-electron chi connectivity index (χ3n) is 2.74. The van der Waals surface area contributed by atoms with Crippen molar-refractivity contribution in [2.75, 3.05) is 13.1 Å². The van der Waals surface area contributed by atoms with E-state index >= 15 is 0 Å². The molecule has 0 saturated carbocycles. The monoisotopic (exact) mass is 298 g/mol. The third-order valence-corrected chi connectivity index (χ3v) is 3.31. The van der Waals surface area contributed by atoms with Crippen LogP contribution in [-0.4, -0.2) is 18.1 Å². The molecule has 102 valence electrons. The number of oxazole rings is 1. The smallest absolute Gasteiger partial charge is 0.194 e. The first-order valence-electron chi connectivity index (χ1n) is 6.31. The zero-order valence-corrected chi connectivity index (χ0v) is 12.3. The van der Waals surface area contributed by atoms with Crippen LogP contribution in [0.4, 0.5) is 0 Å². The largest absolute Gasteiger partial charge is 0.441 e. The molecule has 0 bridgehead atoms. The van der Waals surface area contributed by atoms with Crippen molar-refractivity contribution in [2.45, 2.75) is 19.8 Å². The molecule has 0 fully saturated rings. The highest BCUT2D eigenvalue weighted by Crippen LogP contribution is 2.31. The van der Waals surface area contributed by atoms with Crippen LogP contribution >= 0.6 is 23.2 Å². The van der Waals surface area contributed by atoms with Crippen LogP contribution in [0.3, 0.4) is 0 Å². The molecule has 0 amide bonds. The summed E-state index contributed by atoms with van der Waals surface area (Å²) >= 11 is 12.1. The third kappa shape index (κ3) is 3.96. The SMILES string of the molecule is CCNCCCc1ncc(-c2cc(Cl)ccc2Cl)o1. The molecular weight excluding hydrogens is 283 g/mol. The van der Waals surface area contributed by atoms with Gasteiger partial charge in [0.15, 0.2) is 11.7 Å². The molecule has 2 aromatic rings. The van der Waals surface area contributed by atoms with Gasteiger partial charge in [0.25, 0.3) is 0 Å². The van der Waals surface area contributed by atoms with Crippen molar-refractivity contribution in [3.8, 4) is 11.3 Å². The fourth-order valence-electron chi connectivity index (χ4n) is 1.78. The number of nitrogens with zero attached hydrogens (tertiary/aromatic N) is 1. The van der Waals surface area contributed by atoms with E-state index < -0.39 is 0 Å². The average molecular weight is 299 g/mol. The van der Waals surface area contributed by atoms with Crippen LogP contribution in [0.1, 0.15) is 19.2 Å². The van der Waals surface area contributed by atoms with E-state index in [1.54, 1.807) is 24.4 Å². The lowest BCUT2D eigenvalue weighted by atomic mass is 10.2. The highest BCUT2D eigenvalue weighted by Gasteiger charge is 2.10. The Morgan fingerprint density at radius 1 is 1.32 bits per heavy atom. The van der Waals surface area contributed by atoms with Crippen molar-refractivity contribution in [2.24, 2.45) is 0 Å². The van der Waals surface area contributed by atoms with Crippen LogP contribution in [-0.2, 0) is 6.42 Å². The summed E-state index contributed by atoms with van der Waals surface area (Å²) in [5, 5.41) is 4.51. The molecule has 0 aliphatic rings. The standard InChI is InChI=1S/C14H16Cl2N2O/c1-2-17-7-3-4-14-18-9-13(19-14)11-8-10(15)5-6-12(11)16/h5-6,8-9,17H,2-4,7H2,1H3. The summed E-state index contributed by atoms with van der Waals surface area (Å²) < 4.78 is 5.70. The van der Waals surface area contributed by atoms with E-state index in [0.29, 0.717) is 15.8 Å². The van der Waals surface area contributed by atoms with Gasteiger partial charge in [-0.05, 0) is 37.7 Å². The van der Waals surface area contributed by atoms with Gasteiger partial charge in [-0.15, -0.1) is 0 Å². The van der Waals surface area contributed by atoms with Crippen molar-refractivity contribution >= 4 is 23.2 Å². The summed E-state index contributed by atoms with van der Waals surface area (Å²) in [7, 11) is 0. The number of rotatable bonds is 6. The predicted octanol–water partition coefficient (Wildman–Crippen LogP) is 4.19. The van der Waals surface area contributed by atoms with E-state index in [2.05, 4.69) is 17.2 Å². The maximum Gasteiger partial charge on any atom is 0.194 e. The van der Waals surface area contributed by atoms with E-state index in [9.17, 15) is 0 Å². The van der Waals surface area contributed by atoms with Crippen LogP contribution in [0.15, 0.2) is 28.8 Å². The normalized spacial score (nSPS) is 10.9. The van der Waals surface area contributed by atoms with Gasteiger partial charge in [-0.3, -0.25) is 0 Å². The van der Waals surface area contributed by atoms with Gasteiger partial charge in [0.05, 0.1) is 11.2 Å². The zero-order chi connectivity index (χ0) is 13.7. The second kappa shape index (κ2) is 6.94. The summed E-state index contributed by atoms with van der Waals surface area (Å²) in [6.07, 6.45) is 3.50. The molecule has 5 heteroatoms. The quantitative estimate of drug-likeness (QED) is 0.813. The summed E-state index contributed by atoms with van der Waals surface area (Å²) in [4.78, 5) is 4.26. The van der Waals surface area contributed by atoms with Gasteiger partial charge in [-0.1, -0.05) is 30.1 Å². The molecule has 0 radical (unpaired) electrons. The Morgan fingerprint density at radius 2 is 2.16 bits per heavy atom. The molecule has 0 unspecified atom stereocenters. The number of nitrogens with one attached hydrogen (secondary N) is 1. The zero-order valence-electron chi connectivity index (χ0n) is 10.7. The average Bonchev–Trinajstić information content (AvgIpc) is 2.86. The minimum Gasteiger partial charge on any atom is -0.441 e. The lowest BCUT2D eigenvalue weighted by Gasteiger charge is -2.01. The summed E-state index contributed by atoms with van der Waals surface area (Å²) in [6, 6.07) is 5.29. The molecule has 19 heavy (non-hydrogen) atoms. The van der Waals surface area contributed by atoms with E-state index in [4.69, 9.17) is 27.6 Å². The Bertz CT molecular complexity index is 540. The Morgan fingerprint density at radius 3 is 2.95 bits per heavy atom. The van der Waals surface area contributed by atoms with Gasteiger partial charge < -0.3 is 9.73 Å². The van der Waals surface area contributed by atoms with Gasteiger partial charge >= 0.3 is 0 Å². The van der Waals surface area contributed by atoms with Crippen LogP contribution in [0, 0.1) is 0 Å². The van der Waals surface area contributed by atoms with Gasteiger partial charge in [0.2, 0.25) is 0 Å². The number of hydrogen-bond acceptors (Lipinski definition) is 3. The molecule has 1 N–H and O–H groups in total. The molecular formula is C14H16Cl2N2O. The first-order valence-corrected chi connectivity index (χ1v) is 7.07.